The van der Waals surface area contributed by atoms with Gasteiger partial charge in [0.1, 0.15) is 5.82 Å². The summed E-state index contributed by atoms with van der Waals surface area (Å²) in [4.78, 5) is 16.2. The summed E-state index contributed by atoms with van der Waals surface area (Å²) in [5.74, 6) is 0.606. The molecule has 4 heteroatoms. The van der Waals surface area contributed by atoms with Crippen LogP contribution in [0, 0.1) is 0 Å². The highest BCUT2D eigenvalue weighted by molar-refractivity contribution is 5.94. The summed E-state index contributed by atoms with van der Waals surface area (Å²) >= 11 is 0. The molecule has 0 bridgehead atoms. The van der Waals surface area contributed by atoms with Gasteiger partial charge in [-0.25, -0.2) is 4.98 Å². The van der Waals surface area contributed by atoms with Gasteiger partial charge in [-0.2, -0.15) is 0 Å². The monoisotopic (exact) mass is 263 g/mol. The van der Waals surface area contributed by atoms with E-state index < -0.39 is 0 Å². The molecule has 0 unspecified atom stereocenters. The number of nitrogens with two attached hydrogens (primary N) is 1. The molecular formula is C15H25N3O. The number of nitrogens with zero attached hydrogens (tertiary/aromatic N) is 1. The highest BCUT2D eigenvalue weighted by Crippen LogP contribution is 2.16. The van der Waals surface area contributed by atoms with Gasteiger partial charge in [0.15, 0.2) is 0 Å². The van der Waals surface area contributed by atoms with Crippen LogP contribution in [0.3, 0.4) is 0 Å². The molecule has 19 heavy (non-hydrogen) atoms. The average Bonchev–Trinajstić information content (AvgIpc) is 2.37. The standard InChI is InChI=1S/C15H25N3O/c1-4-5-6-7-8-17-15(19)12-9-13(11(2)3)18-14(16)10-12/h9-11H,4-8H2,1-3H3,(H2,16,18)(H,17,19). The fourth-order valence-corrected chi connectivity index (χ4v) is 1.86. The molecule has 0 spiro atoms. The molecule has 1 amide bonds. The highest BCUT2D eigenvalue weighted by atomic mass is 16.1. The summed E-state index contributed by atoms with van der Waals surface area (Å²) in [6, 6.07) is 3.45. The number of nitrogens with one attached hydrogen (secondary N) is 1. The first kappa shape index (κ1) is 15.5. The lowest BCUT2D eigenvalue weighted by Gasteiger charge is -2.09. The number of carbonyl (C=O) groups is 1. The van der Waals surface area contributed by atoms with Gasteiger partial charge in [-0.1, -0.05) is 40.0 Å². The van der Waals surface area contributed by atoms with Crippen LogP contribution < -0.4 is 11.1 Å². The van der Waals surface area contributed by atoms with Gasteiger partial charge in [-0.15, -0.1) is 0 Å². The number of rotatable bonds is 7. The van der Waals surface area contributed by atoms with Gasteiger partial charge < -0.3 is 11.1 Å². The molecule has 0 fully saturated rings. The molecule has 1 aromatic rings. The normalized spacial score (nSPS) is 10.7. The van der Waals surface area contributed by atoms with Gasteiger partial charge in [-0.3, -0.25) is 4.79 Å². The second-order valence-corrected chi connectivity index (χ2v) is 5.18. The maximum atomic E-state index is 12.0. The maximum absolute atomic E-state index is 12.0. The van der Waals surface area contributed by atoms with Crippen LogP contribution in [0.4, 0.5) is 5.82 Å². The zero-order chi connectivity index (χ0) is 14.3. The van der Waals surface area contributed by atoms with Crippen molar-refractivity contribution in [3.8, 4) is 0 Å². The van der Waals surface area contributed by atoms with Gasteiger partial charge in [-0.05, 0) is 24.5 Å². The number of hydrogen-bond donors (Lipinski definition) is 2. The Hall–Kier alpha value is -1.58. The molecule has 0 saturated carbocycles. The molecule has 4 nitrogen and oxygen atoms in total. The van der Waals surface area contributed by atoms with Crippen molar-refractivity contribution in [2.75, 3.05) is 12.3 Å². The second-order valence-electron chi connectivity index (χ2n) is 5.18. The van der Waals surface area contributed by atoms with Crippen molar-refractivity contribution in [1.82, 2.24) is 10.3 Å². The van der Waals surface area contributed by atoms with Crippen LogP contribution >= 0.6 is 0 Å². The maximum Gasteiger partial charge on any atom is 0.251 e. The zero-order valence-electron chi connectivity index (χ0n) is 12.2. The van der Waals surface area contributed by atoms with E-state index in [9.17, 15) is 4.79 Å². The van der Waals surface area contributed by atoms with Gasteiger partial charge in [0.25, 0.3) is 5.91 Å². The summed E-state index contributed by atoms with van der Waals surface area (Å²) in [6.45, 7) is 6.96. The van der Waals surface area contributed by atoms with Gasteiger partial charge in [0.2, 0.25) is 0 Å². The Kier molecular flexibility index (Phi) is 6.33. The first-order chi connectivity index (χ1) is 9.04. The molecule has 0 radical (unpaired) electrons. The topological polar surface area (TPSA) is 68.0 Å². The third kappa shape index (κ3) is 5.28. The number of carbonyl (C=O) groups excluding carboxylic acids is 1. The molecule has 0 saturated heterocycles. The minimum absolute atomic E-state index is 0.0625. The average molecular weight is 263 g/mol. The quantitative estimate of drug-likeness (QED) is 0.743. The smallest absolute Gasteiger partial charge is 0.251 e. The summed E-state index contributed by atoms with van der Waals surface area (Å²) < 4.78 is 0. The fourth-order valence-electron chi connectivity index (χ4n) is 1.86. The summed E-state index contributed by atoms with van der Waals surface area (Å²) in [5, 5.41) is 2.93. The number of aromatic nitrogens is 1. The Bertz CT molecular complexity index is 416. The van der Waals surface area contributed by atoms with E-state index in [2.05, 4.69) is 17.2 Å². The van der Waals surface area contributed by atoms with E-state index in [-0.39, 0.29) is 11.8 Å². The molecule has 106 valence electrons. The Labute approximate surface area is 115 Å². The van der Waals surface area contributed by atoms with Gasteiger partial charge >= 0.3 is 0 Å². The summed E-state index contributed by atoms with van der Waals surface area (Å²) in [7, 11) is 0. The number of pyridine rings is 1. The molecule has 0 aliphatic carbocycles. The number of nitrogen functional groups attached to an aromatic ring is 1. The van der Waals surface area contributed by atoms with Crippen molar-refractivity contribution in [3.63, 3.8) is 0 Å². The zero-order valence-corrected chi connectivity index (χ0v) is 12.2. The predicted octanol–water partition coefficient (Wildman–Crippen LogP) is 3.10. The summed E-state index contributed by atoms with van der Waals surface area (Å²) in [5.41, 5.74) is 7.20. The Morgan fingerprint density at radius 1 is 1.32 bits per heavy atom. The SMILES string of the molecule is CCCCCCNC(=O)c1cc(N)nc(C(C)C)c1. The lowest BCUT2D eigenvalue weighted by molar-refractivity contribution is 0.0952. The van der Waals surface area contributed by atoms with Crippen LogP contribution in [-0.2, 0) is 0 Å². The van der Waals surface area contributed by atoms with E-state index in [0.29, 0.717) is 11.4 Å². The lowest BCUT2D eigenvalue weighted by atomic mass is 10.1. The van der Waals surface area contributed by atoms with E-state index >= 15 is 0 Å². The molecule has 3 N–H and O–H groups in total. The van der Waals surface area contributed by atoms with Crippen LogP contribution in [0.2, 0.25) is 0 Å². The lowest BCUT2D eigenvalue weighted by Crippen LogP contribution is -2.25. The van der Waals surface area contributed by atoms with E-state index in [0.717, 1.165) is 25.1 Å². The first-order valence-electron chi connectivity index (χ1n) is 7.10. The summed E-state index contributed by atoms with van der Waals surface area (Å²) in [6.07, 6.45) is 4.60. The predicted molar refractivity (Wildman–Crippen MR) is 79.2 cm³/mol. The van der Waals surface area contributed by atoms with Gasteiger partial charge in [0.05, 0.1) is 0 Å². The van der Waals surface area contributed by atoms with Crippen molar-refractivity contribution in [1.29, 1.82) is 0 Å². The van der Waals surface area contributed by atoms with Crippen molar-refractivity contribution in [2.45, 2.75) is 52.4 Å². The van der Waals surface area contributed by atoms with Crippen molar-refractivity contribution in [3.05, 3.63) is 23.4 Å². The number of amides is 1. The van der Waals surface area contributed by atoms with Gasteiger partial charge in [0, 0.05) is 17.8 Å². The van der Waals surface area contributed by atoms with Crippen LogP contribution in [0.25, 0.3) is 0 Å². The molecule has 1 heterocycles. The molecule has 0 aliphatic heterocycles. The van der Waals surface area contributed by atoms with Crippen LogP contribution in [0.1, 0.15) is 68.4 Å². The first-order valence-corrected chi connectivity index (χ1v) is 7.10. The Morgan fingerprint density at radius 2 is 2.05 bits per heavy atom. The third-order valence-corrected chi connectivity index (χ3v) is 3.03. The van der Waals surface area contributed by atoms with Crippen molar-refractivity contribution in [2.24, 2.45) is 0 Å². The number of unbranched alkanes of at least 4 members (excludes halogenated alkanes) is 3. The van der Waals surface area contributed by atoms with E-state index in [1.165, 1.54) is 12.8 Å². The fraction of sp³-hybridized carbons (Fsp3) is 0.600. The van der Waals surface area contributed by atoms with E-state index in [1.807, 2.05) is 19.9 Å². The van der Waals surface area contributed by atoms with Crippen LogP contribution in [0.15, 0.2) is 12.1 Å². The molecule has 1 rings (SSSR count). The second kappa shape index (κ2) is 7.77. The van der Waals surface area contributed by atoms with E-state index in [4.69, 9.17) is 5.73 Å². The number of anilines is 1. The third-order valence-electron chi connectivity index (χ3n) is 3.03. The van der Waals surface area contributed by atoms with E-state index in [1.54, 1.807) is 6.07 Å². The minimum atomic E-state index is -0.0625. The largest absolute Gasteiger partial charge is 0.384 e. The molecular weight excluding hydrogens is 238 g/mol. The van der Waals surface area contributed by atoms with Crippen molar-refractivity contribution >= 4 is 11.7 Å². The molecule has 0 aromatic carbocycles. The Balaban J connectivity index is 2.56. The van der Waals surface area contributed by atoms with Crippen LogP contribution in [-0.4, -0.2) is 17.4 Å². The molecule has 0 atom stereocenters. The highest BCUT2D eigenvalue weighted by Gasteiger charge is 2.10. The Morgan fingerprint density at radius 3 is 2.68 bits per heavy atom. The molecule has 0 aliphatic rings. The minimum Gasteiger partial charge on any atom is -0.384 e. The van der Waals surface area contributed by atoms with Crippen molar-refractivity contribution < 1.29 is 4.79 Å². The molecule has 1 aromatic heterocycles. The van der Waals surface area contributed by atoms with Crippen LogP contribution in [0.5, 0.6) is 0 Å². The number of hydrogen-bond acceptors (Lipinski definition) is 3.